The fourth-order valence-corrected chi connectivity index (χ4v) is 3.79. The Morgan fingerprint density at radius 3 is 2.20 bits per heavy atom. The number of hydrogen-bond donors (Lipinski definition) is 2. The van der Waals surface area contributed by atoms with Crippen molar-refractivity contribution >= 4 is 27.6 Å². The van der Waals surface area contributed by atoms with Gasteiger partial charge in [-0.3, -0.25) is 4.79 Å². The van der Waals surface area contributed by atoms with Crippen LogP contribution in [0.4, 0.5) is 0 Å². The van der Waals surface area contributed by atoms with Crippen molar-refractivity contribution in [3.05, 3.63) is 29.3 Å². The van der Waals surface area contributed by atoms with E-state index in [1.807, 2.05) is 0 Å². The highest BCUT2D eigenvalue weighted by Crippen LogP contribution is 2.25. The van der Waals surface area contributed by atoms with Crippen LogP contribution in [0.1, 0.15) is 25.7 Å². The molecule has 20 heavy (non-hydrogen) atoms. The molecule has 0 unspecified atom stereocenters. The number of benzene rings is 1. The summed E-state index contributed by atoms with van der Waals surface area (Å²) in [6.07, 6.45) is 2.10. The lowest BCUT2D eigenvalue weighted by Gasteiger charge is -2.26. The summed E-state index contributed by atoms with van der Waals surface area (Å²) >= 11 is 5.73. The number of halogens is 1. The standard InChI is InChI=1S/C13H16ClNO4S/c14-10-3-7-12(8-4-10)20(18,19)15-11-5-1-9(2-6-11)13(16)17/h3-4,7-9,11,15H,1-2,5-6H2,(H,16,17). The van der Waals surface area contributed by atoms with Crippen LogP contribution in [0.3, 0.4) is 0 Å². The van der Waals surface area contributed by atoms with Crippen LogP contribution in [0.25, 0.3) is 0 Å². The van der Waals surface area contributed by atoms with Crippen LogP contribution in [0.5, 0.6) is 0 Å². The zero-order chi connectivity index (χ0) is 14.8. The summed E-state index contributed by atoms with van der Waals surface area (Å²) in [6.45, 7) is 0. The highest BCUT2D eigenvalue weighted by Gasteiger charge is 2.28. The molecule has 1 aromatic carbocycles. The smallest absolute Gasteiger partial charge is 0.306 e. The summed E-state index contributed by atoms with van der Waals surface area (Å²) < 4.78 is 26.9. The van der Waals surface area contributed by atoms with Crippen molar-refractivity contribution in [2.45, 2.75) is 36.6 Å². The predicted octanol–water partition coefficient (Wildman–Crippen LogP) is 2.26. The molecule has 1 aromatic rings. The lowest BCUT2D eigenvalue weighted by atomic mass is 9.87. The van der Waals surface area contributed by atoms with E-state index >= 15 is 0 Å². The molecule has 1 saturated carbocycles. The van der Waals surface area contributed by atoms with Gasteiger partial charge in [-0.05, 0) is 49.9 Å². The van der Waals surface area contributed by atoms with Crippen LogP contribution >= 0.6 is 11.6 Å². The second kappa shape index (κ2) is 6.11. The molecule has 1 aliphatic carbocycles. The molecule has 2 N–H and O–H groups in total. The zero-order valence-electron chi connectivity index (χ0n) is 10.8. The summed E-state index contributed by atoms with van der Waals surface area (Å²) in [5.41, 5.74) is 0. The molecule has 7 heteroatoms. The highest BCUT2D eigenvalue weighted by atomic mass is 35.5. The molecule has 0 atom stereocenters. The van der Waals surface area contributed by atoms with Crippen LogP contribution in [0.2, 0.25) is 5.02 Å². The largest absolute Gasteiger partial charge is 0.481 e. The average Bonchev–Trinajstić information content (AvgIpc) is 2.39. The Morgan fingerprint density at radius 2 is 1.70 bits per heavy atom. The highest BCUT2D eigenvalue weighted by molar-refractivity contribution is 7.89. The number of aliphatic carboxylic acids is 1. The number of carboxylic acid groups (broad SMARTS) is 1. The minimum absolute atomic E-state index is 0.169. The van der Waals surface area contributed by atoms with Crippen LogP contribution in [-0.2, 0) is 14.8 Å². The summed E-state index contributed by atoms with van der Waals surface area (Å²) in [5.74, 6) is -1.16. The monoisotopic (exact) mass is 317 g/mol. The molecule has 0 amide bonds. The van der Waals surface area contributed by atoms with E-state index in [2.05, 4.69) is 4.72 Å². The van der Waals surface area contributed by atoms with Crippen molar-refractivity contribution in [3.63, 3.8) is 0 Å². The Morgan fingerprint density at radius 1 is 1.15 bits per heavy atom. The molecular weight excluding hydrogens is 302 g/mol. The summed E-state index contributed by atoms with van der Waals surface area (Å²) in [7, 11) is -3.57. The van der Waals surface area contributed by atoms with Crippen LogP contribution in [-0.4, -0.2) is 25.5 Å². The van der Waals surface area contributed by atoms with Crippen molar-refractivity contribution in [2.75, 3.05) is 0 Å². The summed E-state index contributed by atoms with van der Waals surface area (Å²) in [6, 6.07) is 5.75. The van der Waals surface area contributed by atoms with Crippen LogP contribution < -0.4 is 4.72 Å². The molecule has 0 saturated heterocycles. The van der Waals surface area contributed by atoms with E-state index in [1.165, 1.54) is 24.3 Å². The molecule has 0 aliphatic heterocycles. The first-order valence-corrected chi connectivity index (χ1v) is 8.25. The fraction of sp³-hybridized carbons (Fsp3) is 0.462. The molecule has 0 spiro atoms. The minimum atomic E-state index is -3.57. The number of nitrogens with one attached hydrogen (secondary N) is 1. The topological polar surface area (TPSA) is 83.5 Å². The van der Waals surface area contributed by atoms with Gasteiger partial charge in [0.2, 0.25) is 10.0 Å². The molecule has 2 rings (SSSR count). The Labute approximate surface area is 123 Å². The third-order valence-electron chi connectivity index (χ3n) is 3.52. The third-order valence-corrected chi connectivity index (χ3v) is 5.31. The number of carboxylic acids is 1. The molecular formula is C13H16ClNO4S. The van der Waals surface area contributed by atoms with Gasteiger partial charge in [-0.15, -0.1) is 0 Å². The third kappa shape index (κ3) is 3.71. The van der Waals surface area contributed by atoms with Gasteiger partial charge in [0.1, 0.15) is 0 Å². The van der Waals surface area contributed by atoms with Gasteiger partial charge >= 0.3 is 5.97 Å². The minimum Gasteiger partial charge on any atom is -0.481 e. The first kappa shape index (κ1) is 15.3. The van der Waals surface area contributed by atoms with Crippen molar-refractivity contribution in [2.24, 2.45) is 5.92 Å². The van der Waals surface area contributed by atoms with E-state index in [0.717, 1.165) is 0 Å². The second-order valence-electron chi connectivity index (χ2n) is 4.96. The first-order valence-electron chi connectivity index (χ1n) is 6.39. The van der Waals surface area contributed by atoms with Crippen LogP contribution in [0.15, 0.2) is 29.2 Å². The number of hydrogen-bond acceptors (Lipinski definition) is 3. The Kier molecular flexibility index (Phi) is 4.67. The first-order chi connectivity index (χ1) is 9.38. The van der Waals surface area contributed by atoms with Gasteiger partial charge < -0.3 is 5.11 Å². The van der Waals surface area contributed by atoms with Gasteiger partial charge in [0.25, 0.3) is 0 Å². The van der Waals surface area contributed by atoms with Crippen molar-refractivity contribution in [1.82, 2.24) is 4.72 Å². The molecule has 1 aliphatic rings. The Bertz CT molecular complexity index is 577. The zero-order valence-corrected chi connectivity index (χ0v) is 12.3. The maximum absolute atomic E-state index is 12.2. The van der Waals surface area contributed by atoms with Gasteiger partial charge in [-0.25, -0.2) is 13.1 Å². The second-order valence-corrected chi connectivity index (χ2v) is 7.11. The van der Waals surface area contributed by atoms with Crippen molar-refractivity contribution < 1.29 is 18.3 Å². The Balaban J connectivity index is 2.00. The molecule has 0 bridgehead atoms. The van der Waals surface area contributed by atoms with Gasteiger partial charge in [-0.2, -0.15) is 0 Å². The molecule has 1 fully saturated rings. The van der Waals surface area contributed by atoms with Crippen LogP contribution in [0, 0.1) is 5.92 Å². The average molecular weight is 318 g/mol. The van der Waals surface area contributed by atoms with E-state index in [4.69, 9.17) is 16.7 Å². The fourth-order valence-electron chi connectivity index (χ4n) is 2.36. The van der Waals surface area contributed by atoms with E-state index in [9.17, 15) is 13.2 Å². The SMILES string of the molecule is O=C(O)C1CCC(NS(=O)(=O)c2ccc(Cl)cc2)CC1. The molecule has 0 heterocycles. The molecule has 110 valence electrons. The molecule has 0 radical (unpaired) electrons. The lowest BCUT2D eigenvalue weighted by Crippen LogP contribution is -2.38. The van der Waals surface area contributed by atoms with Gasteiger partial charge in [-0.1, -0.05) is 11.6 Å². The predicted molar refractivity (Wildman–Crippen MR) is 75.2 cm³/mol. The summed E-state index contributed by atoms with van der Waals surface area (Å²) in [4.78, 5) is 11.0. The van der Waals surface area contributed by atoms with Gasteiger partial charge in [0.15, 0.2) is 0 Å². The normalized spacial score (nSPS) is 23.4. The van der Waals surface area contributed by atoms with Crippen molar-refractivity contribution in [1.29, 1.82) is 0 Å². The van der Waals surface area contributed by atoms with Gasteiger partial charge in [0, 0.05) is 11.1 Å². The number of sulfonamides is 1. The Hall–Kier alpha value is -1.11. The summed E-state index contributed by atoms with van der Waals surface area (Å²) in [5, 5.41) is 9.39. The van der Waals surface area contributed by atoms with Gasteiger partial charge in [0.05, 0.1) is 10.8 Å². The lowest BCUT2D eigenvalue weighted by molar-refractivity contribution is -0.142. The van der Waals surface area contributed by atoms with E-state index in [1.54, 1.807) is 0 Å². The number of carbonyl (C=O) groups is 1. The molecule has 5 nitrogen and oxygen atoms in total. The maximum Gasteiger partial charge on any atom is 0.306 e. The maximum atomic E-state index is 12.2. The van der Waals surface area contributed by atoms with E-state index in [-0.39, 0.29) is 16.9 Å². The quantitative estimate of drug-likeness (QED) is 0.892. The molecule has 0 aromatic heterocycles. The number of rotatable bonds is 4. The van der Waals surface area contributed by atoms with E-state index < -0.39 is 16.0 Å². The van der Waals surface area contributed by atoms with Crippen molar-refractivity contribution in [3.8, 4) is 0 Å². The van der Waals surface area contributed by atoms with E-state index in [0.29, 0.717) is 30.7 Å².